The Hall–Kier alpha value is 0.390. The molecule has 0 amide bonds. The molecule has 1 nitrogen and oxygen atoms in total. The van der Waals surface area contributed by atoms with Gasteiger partial charge in [-0.2, -0.15) is 0 Å². The Morgan fingerprint density at radius 3 is 2.11 bits per heavy atom. The molecule has 0 aliphatic heterocycles. The standard InChI is InChI=1S/C7H18NP/c1-6(2)4-5-7(3)8-9/h6-8H,4-5,9H2,1-3H3/t7-/m1/s1. The summed E-state index contributed by atoms with van der Waals surface area (Å²) in [6.45, 7) is 6.72. The van der Waals surface area contributed by atoms with Crippen molar-refractivity contribution in [1.29, 1.82) is 0 Å². The topological polar surface area (TPSA) is 12.0 Å². The van der Waals surface area contributed by atoms with Crippen LogP contribution in [0.4, 0.5) is 0 Å². The van der Waals surface area contributed by atoms with Gasteiger partial charge in [0.15, 0.2) is 0 Å². The Morgan fingerprint density at radius 1 is 1.22 bits per heavy atom. The zero-order valence-corrected chi connectivity index (χ0v) is 7.80. The van der Waals surface area contributed by atoms with E-state index in [-0.39, 0.29) is 0 Å². The summed E-state index contributed by atoms with van der Waals surface area (Å²) in [6.07, 6.45) is 2.60. The summed E-state index contributed by atoms with van der Waals surface area (Å²) < 4.78 is 0. The summed E-state index contributed by atoms with van der Waals surface area (Å²) in [4.78, 5) is 0. The van der Waals surface area contributed by atoms with Crippen molar-refractivity contribution >= 4 is 9.39 Å². The molecule has 2 atom stereocenters. The minimum Gasteiger partial charge on any atom is -0.298 e. The van der Waals surface area contributed by atoms with Crippen molar-refractivity contribution in [3.63, 3.8) is 0 Å². The number of hydrogen-bond donors (Lipinski definition) is 1. The molecular formula is C7H18NP. The molecule has 0 rings (SSSR count). The lowest BCUT2D eigenvalue weighted by atomic mass is 10.1. The number of nitrogens with one attached hydrogen (secondary N) is 1. The van der Waals surface area contributed by atoms with E-state index in [1.807, 2.05) is 0 Å². The zero-order chi connectivity index (χ0) is 7.28. The quantitative estimate of drug-likeness (QED) is 0.601. The van der Waals surface area contributed by atoms with Crippen LogP contribution in [0.2, 0.25) is 0 Å². The molecule has 0 saturated heterocycles. The van der Waals surface area contributed by atoms with Gasteiger partial charge in [0.2, 0.25) is 0 Å². The molecule has 0 aromatic rings. The van der Waals surface area contributed by atoms with E-state index in [0.29, 0.717) is 6.04 Å². The summed E-state index contributed by atoms with van der Waals surface area (Å²) in [7, 11) is 2.55. The van der Waals surface area contributed by atoms with E-state index in [9.17, 15) is 0 Å². The van der Waals surface area contributed by atoms with Gasteiger partial charge >= 0.3 is 0 Å². The highest BCUT2D eigenvalue weighted by Gasteiger charge is 1.98. The van der Waals surface area contributed by atoms with Gasteiger partial charge < -0.3 is 0 Å². The molecule has 0 aromatic carbocycles. The fourth-order valence-electron chi connectivity index (χ4n) is 0.667. The van der Waals surface area contributed by atoms with E-state index in [1.54, 1.807) is 0 Å². The average molecular weight is 147 g/mol. The van der Waals surface area contributed by atoms with E-state index in [2.05, 4.69) is 35.2 Å². The van der Waals surface area contributed by atoms with Gasteiger partial charge in [-0.05, 0) is 25.7 Å². The molecule has 0 spiro atoms. The molecule has 0 aliphatic rings. The normalized spacial score (nSPS) is 14.3. The Bertz CT molecular complexity index is 63.9. The van der Waals surface area contributed by atoms with E-state index < -0.39 is 0 Å². The highest BCUT2D eigenvalue weighted by molar-refractivity contribution is 7.13. The van der Waals surface area contributed by atoms with Crippen molar-refractivity contribution in [2.75, 3.05) is 0 Å². The summed E-state index contributed by atoms with van der Waals surface area (Å²) in [5.41, 5.74) is 0. The van der Waals surface area contributed by atoms with Crippen LogP contribution in [0.15, 0.2) is 0 Å². The molecule has 56 valence electrons. The Kier molecular flexibility index (Phi) is 5.42. The molecule has 2 heteroatoms. The van der Waals surface area contributed by atoms with Crippen molar-refractivity contribution in [3.8, 4) is 0 Å². The maximum absolute atomic E-state index is 3.14. The largest absolute Gasteiger partial charge is 0.298 e. The van der Waals surface area contributed by atoms with Gasteiger partial charge in [0.25, 0.3) is 0 Å². The first kappa shape index (κ1) is 9.39. The summed E-state index contributed by atoms with van der Waals surface area (Å²) in [5, 5.41) is 3.14. The number of hydrogen-bond acceptors (Lipinski definition) is 1. The molecule has 0 aliphatic carbocycles. The highest BCUT2D eigenvalue weighted by Crippen LogP contribution is 2.06. The first-order valence-electron chi connectivity index (χ1n) is 3.63. The lowest BCUT2D eigenvalue weighted by Gasteiger charge is -2.10. The summed E-state index contributed by atoms with van der Waals surface area (Å²) in [5.74, 6) is 0.839. The molecule has 0 heterocycles. The van der Waals surface area contributed by atoms with Gasteiger partial charge in [-0.1, -0.05) is 23.2 Å². The van der Waals surface area contributed by atoms with Crippen LogP contribution >= 0.6 is 9.39 Å². The van der Waals surface area contributed by atoms with Crippen LogP contribution in [0.25, 0.3) is 0 Å². The van der Waals surface area contributed by atoms with Crippen molar-refractivity contribution in [2.24, 2.45) is 5.92 Å². The van der Waals surface area contributed by atoms with Gasteiger partial charge in [-0.15, -0.1) is 0 Å². The van der Waals surface area contributed by atoms with E-state index in [1.165, 1.54) is 12.8 Å². The second-order valence-corrected chi connectivity index (χ2v) is 3.37. The third-order valence-electron chi connectivity index (χ3n) is 1.46. The van der Waals surface area contributed by atoms with Gasteiger partial charge in [-0.25, -0.2) is 0 Å². The molecule has 0 aromatic heterocycles. The Labute approximate surface area is 60.9 Å². The fraction of sp³-hybridized carbons (Fsp3) is 1.00. The molecule has 1 N–H and O–H groups in total. The van der Waals surface area contributed by atoms with Crippen molar-refractivity contribution in [1.82, 2.24) is 5.09 Å². The summed E-state index contributed by atoms with van der Waals surface area (Å²) in [6, 6.07) is 0.650. The Balaban J connectivity index is 3.06. The monoisotopic (exact) mass is 147 g/mol. The highest BCUT2D eigenvalue weighted by atomic mass is 31.0. The van der Waals surface area contributed by atoms with Gasteiger partial charge in [0.05, 0.1) is 0 Å². The van der Waals surface area contributed by atoms with Gasteiger partial charge in [0, 0.05) is 6.04 Å². The minimum absolute atomic E-state index is 0.650. The second kappa shape index (κ2) is 5.20. The third kappa shape index (κ3) is 6.27. The zero-order valence-electron chi connectivity index (χ0n) is 6.65. The first-order valence-corrected chi connectivity index (χ1v) is 4.20. The molecule has 0 saturated carbocycles. The Morgan fingerprint density at radius 2 is 1.78 bits per heavy atom. The van der Waals surface area contributed by atoms with Crippen LogP contribution < -0.4 is 5.09 Å². The molecule has 1 unspecified atom stereocenters. The van der Waals surface area contributed by atoms with Crippen LogP contribution in [-0.4, -0.2) is 6.04 Å². The van der Waals surface area contributed by atoms with Crippen molar-refractivity contribution < 1.29 is 0 Å². The minimum atomic E-state index is 0.650. The smallest absolute Gasteiger partial charge is 0.00706 e. The molecule has 9 heavy (non-hydrogen) atoms. The molecular weight excluding hydrogens is 129 g/mol. The van der Waals surface area contributed by atoms with Crippen LogP contribution in [0.3, 0.4) is 0 Å². The lowest BCUT2D eigenvalue weighted by molar-refractivity contribution is 0.501. The average Bonchev–Trinajstić information content (AvgIpc) is 1.83. The van der Waals surface area contributed by atoms with Crippen molar-refractivity contribution in [2.45, 2.75) is 39.7 Å². The third-order valence-corrected chi connectivity index (χ3v) is 2.03. The van der Waals surface area contributed by atoms with Crippen LogP contribution in [-0.2, 0) is 0 Å². The van der Waals surface area contributed by atoms with E-state index in [4.69, 9.17) is 0 Å². The predicted octanol–water partition coefficient (Wildman–Crippen LogP) is 2.19. The predicted molar refractivity (Wildman–Crippen MR) is 46.4 cm³/mol. The summed E-state index contributed by atoms with van der Waals surface area (Å²) >= 11 is 0. The lowest BCUT2D eigenvalue weighted by Crippen LogP contribution is -2.15. The van der Waals surface area contributed by atoms with Crippen LogP contribution in [0, 0.1) is 5.92 Å². The second-order valence-electron chi connectivity index (χ2n) is 3.04. The first-order chi connectivity index (χ1) is 4.16. The van der Waals surface area contributed by atoms with Crippen LogP contribution in [0.1, 0.15) is 33.6 Å². The number of rotatable bonds is 4. The maximum Gasteiger partial charge on any atom is 0.00706 e. The van der Waals surface area contributed by atoms with Crippen LogP contribution in [0.5, 0.6) is 0 Å². The van der Waals surface area contributed by atoms with Crippen molar-refractivity contribution in [3.05, 3.63) is 0 Å². The van der Waals surface area contributed by atoms with Gasteiger partial charge in [-0.3, -0.25) is 5.09 Å². The maximum atomic E-state index is 3.14. The fourth-order valence-corrected chi connectivity index (χ4v) is 0.833. The SMILES string of the molecule is CC(C)CC[C@@H](C)NP. The van der Waals surface area contributed by atoms with Gasteiger partial charge in [0.1, 0.15) is 0 Å². The molecule has 0 fully saturated rings. The molecule has 0 bridgehead atoms. The van der Waals surface area contributed by atoms with E-state index in [0.717, 1.165) is 5.92 Å². The molecule has 0 radical (unpaired) electrons. The van der Waals surface area contributed by atoms with E-state index >= 15 is 0 Å².